The molecular weight excluding hydrogens is 354 g/mol. The maximum Gasteiger partial charge on any atom is 0.184 e. The molecule has 7 atom stereocenters. The molecule has 2 N–H and O–H groups in total. The zero-order chi connectivity index (χ0) is 19.8. The van der Waals surface area contributed by atoms with Gasteiger partial charge in [0.05, 0.1) is 6.10 Å². The summed E-state index contributed by atoms with van der Waals surface area (Å²) in [7, 11) is 0. The summed E-state index contributed by atoms with van der Waals surface area (Å²) in [4.78, 5) is 23.9. The number of hydrogen-bond donors (Lipinski definition) is 2. The second-order valence-electron chi connectivity index (χ2n) is 8.79. The number of carbonyl (C=O) groups excluding carboxylic acids is 2. The van der Waals surface area contributed by atoms with E-state index in [1.807, 2.05) is 0 Å². The number of ketones is 2. The largest absolute Gasteiger partial charge is 0.390 e. The zero-order valence-electron chi connectivity index (χ0n) is 15.4. The van der Waals surface area contributed by atoms with Gasteiger partial charge in [-0.05, 0) is 55.4 Å². The van der Waals surface area contributed by atoms with E-state index in [4.69, 9.17) is 0 Å². The third-order valence-corrected chi connectivity index (χ3v) is 7.65. The molecule has 27 heavy (non-hydrogen) atoms. The quantitative estimate of drug-likeness (QED) is 0.774. The smallest absolute Gasteiger partial charge is 0.184 e. The summed E-state index contributed by atoms with van der Waals surface area (Å²) in [6, 6.07) is 0. The molecule has 0 heterocycles. The van der Waals surface area contributed by atoms with Gasteiger partial charge in [-0.1, -0.05) is 19.1 Å². The number of fused-ring (bicyclic) bond motifs is 5. The Balaban J connectivity index is 1.82. The molecule has 4 nitrogen and oxygen atoms in total. The third kappa shape index (κ3) is 2.14. The average Bonchev–Trinajstić information content (AvgIpc) is 2.95. The van der Waals surface area contributed by atoms with Crippen LogP contribution in [0.2, 0.25) is 0 Å². The Hall–Kier alpha value is -1.66. The fourth-order valence-corrected chi connectivity index (χ4v) is 6.29. The Bertz CT molecular complexity index is 815. The zero-order valence-corrected chi connectivity index (χ0v) is 15.4. The van der Waals surface area contributed by atoms with Gasteiger partial charge in [-0.3, -0.25) is 9.59 Å². The number of rotatable bonds is 2. The van der Waals surface area contributed by atoms with Crippen LogP contribution in [0.5, 0.6) is 0 Å². The van der Waals surface area contributed by atoms with Crippen molar-refractivity contribution >= 4 is 11.6 Å². The lowest BCUT2D eigenvalue weighted by atomic mass is 9.45. The van der Waals surface area contributed by atoms with Crippen LogP contribution < -0.4 is 0 Å². The minimum absolute atomic E-state index is 0.0177. The van der Waals surface area contributed by atoms with E-state index in [-0.39, 0.29) is 30.1 Å². The first-order valence-electron chi connectivity index (χ1n) is 9.40. The summed E-state index contributed by atoms with van der Waals surface area (Å²) < 4.78 is 31.8. The molecule has 0 bridgehead atoms. The monoisotopic (exact) mass is 378 g/mol. The molecule has 6 heteroatoms. The van der Waals surface area contributed by atoms with Crippen molar-refractivity contribution in [2.75, 3.05) is 6.61 Å². The minimum Gasteiger partial charge on any atom is -0.390 e. The van der Waals surface area contributed by atoms with Crippen LogP contribution in [0.3, 0.4) is 0 Å². The standard InChI is InChI=1S/C21H24F2O4/c1-19-9-18(27)21(23)14(12(19)3-4-13(19)17(26)10-24)8-16(22)15-7-11(25)5-6-20(15,21)2/h4-7,12,14,16,18,24,27H,3,8-10H2,1-2H3/t12-,14-,16-,18-,19-,20-,21-/m0/s1. The lowest BCUT2D eigenvalue weighted by Crippen LogP contribution is -2.68. The summed E-state index contributed by atoms with van der Waals surface area (Å²) in [5.74, 6) is -1.96. The van der Waals surface area contributed by atoms with Crippen LogP contribution in [-0.2, 0) is 9.59 Å². The van der Waals surface area contributed by atoms with Gasteiger partial charge in [0.1, 0.15) is 12.8 Å². The number of halogens is 2. The SMILES string of the molecule is C[C@]12C=CC(=O)C=C1[C@@H](F)C[C@H]1[C@@H]3CC=C(C(=O)CO)[C@@]3(C)C[C@H](O)[C@@]12F. The molecule has 146 valence electrons. The summed E-state index contributed by atoms with van der Waals surface area (Å²) in [6.07, 6.45) is 2.91. The molecule has 0 unspecified atom stereocenters. The van der Waals surface area contributed by atoms with Crippen LogP contribution in [0.1, 0.15) is 33.1 Å². The molecule has 0 aliphatic heterocycles. The van der Waals surface area contributed by atoms with E-state index >= 15 is 8.78 Å². The van der Waals surface area contributed by atoms with Gasteiger partial charge in [-0.15, -0.1) is 0 Å². The lowest BCUT2D eigenvalue weighted by Gasteiger charge is -2.62. The van der Waals surface area contributed by atoms with E-state index in [0.29, 0.717) is 12.0 Å². The average molecular weight is 378 g/mol. The van der Waals surface area contributed by atoms with Gasteiger partial charge >= 0.3 is 0 Å². The Kier molecular flexibility index (Phi) is 3.93. The summed E-state index contributed by atoms with van der Waals surface area (Å²) in [5, 5.41) is 20.2. The fourth-order valence-electron chi connectivity index (χ4n) is 6.29. The summed E-state index contributed by atoms with van der Waals surface area (Å²) in [5.41, 5.74) is -3.84. The number of Topliss-reactive ketones (excluding diaryl/α,β-unsaturated/α-hetero) is 1. The molecule has 4 rings (SSSR count). The molecule has 0 spiro atoms. The van der Waals surface area contributed by atoms with Crippen molar-refractivity contribution in [1.29, 1.82) is 0 Å². The van der Waals surface area contributed by atoms with Crippen molar-refractivity contribution in [1.82, 2.24) is 0 Å². The number of carbonyl (C=O) groups is 2. The number of aliphatic hydroxyl groups is 2. The van der Waals surface area contributed by atoms with Crippen molar-refractivity contribution in [3.05, 3.63) is 35.5 Å². The van der Waals surface area contributed by atoms with Gasteiger partial charge in [0.2, 0.25) is 0 Å². The fraction of sp³-hybridized carbons (Fsp3) is 0.619. The summed E-state index contributed by atoms with van der Waals surface area (Å²) >= 11 is 0. The Morgan fingerprint density at radius 3 is 2.70 bits per heavy atom. The van der Waals surface area contributed by atoms with Gasteiger partial charge in [0.25, 0.3) is 0 Å². The van der Waals surface area contributed by atoms with Crippen molar-refractivity contribution in [2.45, 2.75) is 51.1 Å². The molecule has 4 aliphatic rings. The minimum atomic E-state index is -2.13. The van der Waals surface area contributed by atoms with Gasteiger partial charge in [-0.2, -0.15) is 0 Å². The molecule has 2 fully saturated rings. The van der Waals surface area contributed by atoms with Gasteiger partial charge < -0.3 is 10.2 Å². The second-order valence-corrected chi connectivity index (χ2v) is 8.79. The molecule has 2 saturated carbocycles. The maximum atomic E-state index is 16.7. The predicted molar refractivity (Wildman–Crippen MR) is 94.2 cm³/mol. The Labute approximate surface area is 156 Å². The van der Waals surface area contributed by atoms with E-state index < -0.39 is 47.1 Å². The number of allylic oxidation sites excluding steroid dienone is 5. The van der Waals surface area contributed by atoms with Crippen LogP contribution in [0, 0.1) is 22.7 Å². The Morgan fingerprint density at radius 1 is 1.33 bits per heavy atom. The molecule has 0 aromatic rings. The molecule has 0 amide bonds. The van der Waals surface area contributed by atoms with Crippen LogP contribution in [0.25, 0.3) is 0 Å². The molecular formula is C21H24F2O4. The highest BCUT2D eigenvalue weighted by atomic mass is 19.1. The van der Waals surface area contributed by atoms with Crippen LogP contribution in [0.4, 0.5) is 8.78 Å². The van der Waals surface area contributed by atoms with Crippen LogP contribution >= 0.6 is 0 Å². The van der Waals surface area contributed by atoms with Crippen LogP contribution in [0.15, 0.2) is 35.5 Å². The number of aliphatic hydroxyl groups excluding tert-OH is 2. The Morgan fingerprint density at radius 2 is 2.04 bits per heavy atom. The first-order valence-corrected chi connectivity index (χ1v) is 9.40. The molecule has 0 radical (unpaired) electrons. The van der Waals surface area contributed by atoms with Crippen molar-refractivity contribution < 1.29 is 28.6 Å². The second kappa shape index (κ2) is 5.67. The van der Waals surface area contributed by atoms with E-state index in [2.05, 4.69) is 0 Å². The van der Waals surface area contributed by atoms with E-state index in [1.165, 1.54) is 12.2 Å². The van der Waals surface area contributed by atoms with E-state index in [1.54, 1.807) is 19.9 Å². The number of hydrogen-bond acceptors (Lipinski definition) is 4. The van der Waals surface area contributed by atoms with Gasteiger partial charge in [0.15, 0.2) is 17.2 Å². The van der Waals surface area contributed by atoms with Crippen molar-refractivity contribution in [2.24, 2.45) is 22.7 Å². The first kappa shape index (κ1) is 18.7. The van der Waals surface area contributed by atoms with Gasteiger partial charge in [-0.25, -0.2) is 8.78 Å². The van der Waals surface area contributed by atoms with E-state index in [9.17, 15) is 19.8 Å². The van der Waals surface area contributed by atoms with Crippen molar-refractivity contribution in [3.8, 4) is 0 Å². The molecule has 0 aromatic heterocycles. The van der Waals surface area contributed by atoms with Crippen molar-refractivity contribution in [3.63, 3.8) is 0 Å². The lowest BCUT2D eigenvalue weighted by molar-refractivity contribution is -0.192. The maximum absolute atomic E-state index is 16.7. The number of alkyl halides is 2. The van der Waals surface area contributed by atoms with E-state index in [0.717, 1.165) is 6.08 Å². The predicted octanol–water partition coefficient (Wildman–Crippen LogP) is 2.40. The molecule has 0 saturated heterocycles. The topological polar surface area (TPSA) is 74.6 Å². The summed E-state index contributed by atoms with van der Waals surface area (Å²) in [6.45, 7) is 2.71. The molecule has 4 aliphatic carbocycles. The third-order valence-electron chi connectivity index (χ3n) is 7.65. The highest BCUT2D eigenvalue weighted by Crippen LogP contribution is 2.68. The normalized spacial score (nSPS) is 48.3. The highest BCUT2D eigenvalue weighted by Gasteiger charge is 2.71. The molecule has 0 aromatic carbocycles. The highest BCUT2D eigenvalue weighted by molar-refractivity contribution is 6.01. The van der Waals surface area contributed by atoms with Gasteiger partial charge in [0, 0.05) is 16.7 Å². The van der Waals surface area contributed by atoms with Crippen LogP contribution in [-0.4, -0.2) is 46.3 Å². The first-order chi connectivity index (χ1) is 12.6.